The maximum atomic E-state index is 13.2. The summed E-state index contributed by atoms with van der Waals surface area (Å²) in [6.07, 6.45) is 11.4. The fraction of sp³-hybridized carbons (Fsp3) is 0.300. The van der Waals surface area contributed by atoms with Crippen LogP contribution in [0.2, 0.25) is 0 Å². The van der Waals surface area contributed by atoms with Gasteiger partial charge in [0, 0.05) is 24.5 Å². The number of likely N-dealkylation sites (tertiary alicyclic amines) is 1. The average molecular weight is 347 g/mol. The van der Waals surface area contributed by atoms with E-state index in [1.807, 2.05) is 41.3 Å². The summed E-state index contributed by atoms with van der Waals surface area (Å²) in [6.45, 7) is 0.788. The van der Waals surface area contributed by atoms with Crippen molar-refractivity contribution >= 4 is 5.91 Å². The van der Waals surface area contributed by atoms with Gasteiger partial charge in [-0.2, -0.15) is 0 Å². The van der Waals surface area contributed by atoms with Crippen LogP contribution in [0.15, 0.2) is 61.2 Å². The lowest BCUT2D eigenvalue weighted by molar-refractivity contribution is 0.0681. The van der Waals surface area contributed by atoms with E-state index < -0.39 is 0 Å². The van der Waals surface area contributed by atoms with Gasteiger partial charge in [-0.1, -0.05) is 18.1 Å². The molecule has 132 valence electrons. The summed E-state index contributed by atoms with van der Waals surface area (Å²) in [7, 11) is 0. The molecule has 1 unspecified atom stereocenters. The van der Waals surface area contributed by atoms with Crippen molar-refractivity contribution in [3.05, 3.63) is 72.3 Å². The number of carbonyl (C=O) groups is 1. The van der Waals surface area contributed by atoms with E-state index in [4.69, 9.17) is 0 Å². The second kappa shape index (κ2) is 7.47. The van der Waals surface area contributed by atoms with E-state index in [1.165, 1.54) is 0 Å². The molecule has 0 radical (unpaired) electrons. The molecule has 0 bridgehead atoms. The molecule has 3 heterocycles. The number of amides is 1. The van der Waals surface area contributed by atoms with Gasteiger partial charge in [-0.05, 0) is 54.8 Å². The lowest BCUT2D eigenvalue weighted by Gasteiger charge is -2.30. The van der Waals surface area contributed by atoms with Crippen LogP contribution in [0.1, 0.15) is 47.6 Å². The van der Waals surface area contributed by atoms with Crippen LogP contribution in [0.3, 0.4) is 0 Å². The maximum Gasteiger partial charge on any atom is 0.254 e. The van der Waals surface area contributed by atoms with E-state index in [2.05, 4.69) is 15.3 Å². The molecule has 1 aliphatic heterocycles. The molecule has 0 spiro atoms. The summed E-state index contributed by atoms with van der Waals surface area (Å²) < 4.78 is 1.68. The number of hydrogen-bond acceptors (Lipinski definition) is 4. The van der Waals surface area contributed by atoms with Crippen LogP contribution in [-0.2, 0) is 0 Å². The molecule has 1 atom stereocenters. The van der Waals surface area contributed by atoms with Crippen molar-refractivity contribution in [2.24, 2.45) is 0 Å². The molecule has 1 saturated heterocycles. The average Bonchev–Trinajstić information content (AvgIpc) is 3.13. The van der Waals surface area contributed by atoms with E-state index in [-0.39, 0.29) is 11.9 Å². The Labute approximate surface area is 152 Å². The Morgan fingerprint density at radius 2 is 1.77 bits per heavy atom. The highest BCUT2D eigenvalue weighted by Crippen LogP contribution is 2.31. The summed E-state index contributed by atoms with van der Waals surface area (Å²) in [5.74, 6) is 0.0823. The van der Waals surface area contributed by atoms with E-state index in [0.717, 1.165) is 43.5 Å². The monoisotopic (exact) mass is 347 g/mol. The Morgan fingerprint density at radius 1 is 0.962 bits per heavy atom. The topological polar surface area (TPSA) is 63.9 Å². The molecule has 26 heavy (non-hydrogen) atoms. The van der Waals surface area contributed by atoms with Crippen LogP contribution in [0, 0.1) is 0 Å². The minimum absolute atomic E-state index is 0.0823. The number of nitrogens with zero attached hydrogens (tertiary/aromatic N) is 5. The standard InChI is InChI=1S/C20H21N5O/c26-20(17-5-7-18(8-6-17)25-15-13-22-23-25)24-14-3-1-2-4-19(24)16-9-11-21-12-10-16/h5-13,15,19H,1-4,14H2. The van der Waals surface area contributed by atoms with Gasteiger partial charge in [-0.3, -0.25) is 9.78 Å². The van der Waals surface area contributed by atoms with Crippen LogP contribution in [0.5, 0.6) is 0 Å². The fourth-order valence-electron chi connectivity index (χ4n) is 3.55. The van der Waals surface area contributed by atoms with Gasteiger partial charge in [0.15, 0.2) is 0 Å². The van der Waals surface area contributed by atoms with Crippen molar-refractivity contribution in [2.45, 2.75) is 31.7 Å². The van der Waals surface area contributed by atoms with Crippen molar-refractivity contribution < 1.29 is 4.79 Å². The number of aromatic nitrogens is 4. The highest BCUT2D eigenvalue weighted by molar-refractivity contribution is 5.94. The van der Waals surface area contributed by atoms with Gasteiger partial charge in [0.05, 0.1) is 24.1 Å². The zero-order valence-corrected chi connectivity index (χ0v) is 14.5. The lowest BCUT2D eigenvalue weighted by atomic mass is 10.0. The minimum atomic E-state index is 0.0823. The molecule has 6 nitrogen and oxygen atoms in total. The first kappa shape index (κ1) is 16.4. The Bertz CT molecular complexity index is 846. The summed E-state index contributed by atoms with van der Waals surface area (Å²) >= 11 is 0. The second-order valence-electron chi connectivity index (χ2n) is 6.54. The van der Waals surface area contributed by atoms with E-state index in [9.17, 15) is 4.79 Å². The zero-order valence-electron chi connectivity index (χ0n) is 14.5. The Hall–Kier alpha value is -3.02. The molecule has 1 fully saturated rings. The maximum absolute atomic E-state index is 13.2. The van der Waals surface area contributed by atoms with Gasteiger partial charge >= 0.3 is 0 Å². The normalized spacial score (nSPS) is 17.7. The Balaban J connectivity index is 1.60. The van der Waals surface area contributed by atoms with Crippen LogP contribution in [0.4, 0.5) is 0 Å². The van der Waals surface area contributed by atoms with Gasteiger partial charge in [0.2, 0.25) is 0 Å². The van der Waals surface area contributed by atoms with Crippen molar-refractivity contribution in [1.82, 2.24) is 24.9 Å². The van der Waals surface area contributed by atoms with Crippen LogP contribution in [-0.4, -0.2) is 37.3 Å². The molecule has 3 aromatic rings. The molecule has 0 saturated carbocycles. The molecular weight excluding hydrogens is 326 g/mol. The van der Waals surface area contributed by atoms with Gasteiger partial charge in [-0.25, -0.2) is 4.68 Å². The molecule has 0 N–H and O–H groups in total. The number of hydrogen-bond donors (Lipinski definition) is 0. The van der Waals surface area contributed by atoms with E-state index in [0.29, 0.717) is 5.56 Å². The predicted molar refractivity (Wildman–Crippen MR) is 97.8 cm³/mol. The first-order valence-electron chi connectivity index (χ1n) is 9.00. The van der Waals surface area contributed by atoms with Gasteiger partial charge in [-0.15, -0.1) is 5.10 Å². The Kier molecular flexibility index (Phi) is 4.73. The molecule has 0 aliphatic carbocycles. The molecule has 2 aromatic heterocycles. The van der Waals surface area contributed by atoms with Crippen LogP contribution in [0.25, 0.3) is 5.69 Å². The van der Waals surface area contributed by atoms with Gasteiger partial charge in [0.1, 0.15) is 0 Å². The molecule has 1 aromatic carbocycles. The van der Waals surface area contributed by atoms with Crippen molar-refractivity contribution in [1.29, 1.82) is 0 Å². The molecule has 6 heteroatoms. The highest BCUT2D eigenvalue weighted by Gasteiger charge is 2.27. The minimum Gasteiger partial charge on any atom is -0.332 e. The third-order valence-electron chi connectivity index (χ3n) is 4.91. The number of carbonyl (C=O) groups excluding carboxylic acids is 1. The summed E-state index contributed by atoms with van der Waals surface area (Å²) in [6, 6.07) is 11.7. The van der Waals surface area contributed by atoms with E-state index in [1.54, 1.807) is 29.5 Å². The SMILES string of the molecule is O=C(c1ccc(-n2ccnn2)cc1)N1CCCCCC1c1ccncc1. The molecule has 4 rings (SSSR count). The highest BCUT2D eigenvalue weighted by atomic mass is 16.2. The van der Waals surface area contributed by atoms with Crippen LogP contribution >= 0.6 is 0 Å². The van der Waals surface area contributed by atoms with E-state index >= 15 is 0 Å². The van der Waals surface area contributed by atoms with Crippen LogP contribution < -0.4 is 0 Å². The third kappa shape index (κ3) is 3.35. The quantitative estimate of drug-likeness (QED) is 0.728. The smallest absolute Gasteiger partial charge is 0.254 e. The van der Waals surface area contributed by atoms with Crippen molar-refractivity contribution in [2.75, 3.05) is 6.54 Å². The van der Waals surface area contributed by atoms with Gasteiger partial charge < -0.3 is 4.90 Å². The number of benzene rings is 1. The number of rotatable bonds is 3. The summed E-state index contributed by atoms with van der Waals surface area (Å²) in [5, 5.41) is 7.80. The molecule has 1 aliphatic rings. The first-order valence-corrected chi connectivity index (χ1v) is 9.00. The number of pyridine rings is 1. The lowest BCUT2D eigenvalue weighted by Crippen LogP contribution is -2.34. The van der Waals surface area contributed by atoms with Crippen molar-refractivity contribution in [3.63, 3.8) is 0 Å². The summed E-state index contributed by atoms with van der Waals surface area (Å²) in [4.78, 5) is 19.3. The molecule has 1 amide bonds. The first-order chi connectivity index (χ1) is 12.8. The molecular formula is C20H21N5O. The van der Waals surface area contributed by atoms with Crippen molar-refractivity contribution in [3.8, 4) is 5.69 Å². The fourth-order valence-corrected chi connectivity index (χ4v) is 3.55. The third-order valence-corrected chi connectivity index (χ3v) is 4.91. The predicted octanol–water partition coefficient (Wildman–Crippen LogP) is 3.42. The zero-order chi connectivity index (χ0) is 17.8. The largest absolute Gasteiger partial charge is 0.332 e. The van der Waals surface area contributed by atoms with Gasteiger partial charge in [0.25, 0.3) is 5.91 Å². The second-order valence-corrected chi connectivity index (χ2v) is 6.54. The Morgan fingerprint density at radius 3 is 2.50 bits per heavy atom. The summed E-state index contributed by atoms with van der Waals surface area (Å²) in [5.41, 5.74) is 2.75.